The van der Waals surface area contributed by atoms with Crippen LogP contribution in [-0.4, -0.2) is 42.5 Å². The molecule has 0 bridgehead atoms. The number of piperazine rings is 1. The maximum absolute atomic E-state index is 9.68. The number of benzene rings is 1. The summed E-state index contributed by atoms with van der Waals surface area (Å²) >= 11 is 0. The molecule has 0 radical (unpaired) electrons. The summed E-state index contributed by atoms with van der Waals surface area (Å²) in [7, 11) is 2.17. The number of hydrogen-bond acceptors (Lipinski definition) is 3. The Labute approximate surface area is 129 Å². The lowest BCUT2D eigenvalue weighted by atomic mass is 9.97. The van der Waals surface area contributed by atoms with Gasteiger partial charge in [-0.3, -0.25) is 4.90 Å². The van der Waals surface area contributed by atoms with Crippen molar-refractivity contribution in [2.75, 3.05) is 26.7 Å². The van der Waals surface area contributed by atoms with Crippen molar-refractivity contribution >= 4 is 0 Å². The van der Waals surface area contributed by atoms with Crippen LogP contribution in [0.2, 0.25) is 0 Å². The normalized spacial score (nSPS) is 22.2. The third-order valence-corrected chi connectivity index (χ3v) is 4.58. The van der Waals surface area contributed by atoms with Crippen LogP contribution >= 0.6 is 0 Å². The maximum atomic E-state index is 9.68. The van der Waals surface area contributed by atoms with Crippen LogP contribution in [0.1, 0.15) is 50.3 Å². The Balaban J connectivity index is 2.20. The van der Waals surface area contributed by atoms with Crippen LogP contribution in [0.25, 0.3) is 0 Å². The molecule has 0 N–H and O–H groups in total. The van der Waals surface area contributed by atoms with Crippen molar-refractivity contribution in [1.82, 2.24) is 9.80 Å². The van der Waals surface area contributed by atoms with E-state index >= 15 is 0 Å². The van der Waals surface area contributed by atoms with Gasteiger partial charge in [0, 0.05) is 25.7 Å². The zero-order chi connectivity index (χ0) is 15.4. The summed E-state index contributed by atoms with van der Waals surface area (Å²) in [4.78, 5) is 4.74. The first-order valence-electron chi connectivity index (χ1n) is 8.00. The van der Waals surface area contributed by atoms with Gasteiger partial charge in [-0.05, 0) is 30.5 Å². The lowest BCUT2D eigenvalue weighted by Gasteiger charge is -2.42. The van der Waals surface area contributed by atoms with Crippen LogP contribution in [0.5, 0.6) is 0 Å². The van der Waals surface area contributed by atoms with Gasteiger partial charge in [0.05, 0.1) is 6.07 Å². The van der Waals surface area contributed by atoms with Crippen molar-refractivity contribution in [1.29, 1.82) is 5.26 Å². The van der Waals surface area contributed by atoms with E-state index < -0.39 is 0 Å². The van der Waals surface area contributed by atoms with Crippen molar-refractivity contribution < 1.29 is 0 Å². The van der Waals surface area contributed by atoms with Gasteiger partial charge in [0.1, 0.15) is 6.04 Å². The molecule has 1 saturated heterocycles. The first kappa shape index (κ1) is 16.0. The molecular weight excluding hydrogens is 258 g/mol. The smallest absolute Gasteiger partial charge is 0.124 e. The number of likely N-dealkylation sites (N-methyl/N-ethyl adjacent to an activating group) is 1. The molecule has 2 unspecified atom stereocenters. The molecule has 0 spiro atoms. The van der Waals surface area contributed by atoms with Crippen molar-refractivity contribution in [2.24, 2.45) is 0 Å². The summed E-state index contributed by atoms with van der Waals surface area (Å²) in [6, 6.07) is 11.5. The van der Waals surface area contributed by atoms with Crippen molar-refractivity contribution in [3.63, 3.8) is 0 Å². The van der Waals surface area contributed by atoms with Gasteiger partial charge < -0.3 is 4.90 Å². The van der Waals surface area contributed by atoms with E-state index in [4.69, 9.17) is 0 Å². The highest BCUT2D eigenvalue weighted by Gasteiger charge is 2.30. The third kappa shape index (κ3) is 3.64. The number of rotatable bonds is 4. The molecule has 1 aliphatic heterocycles. The van der Waals surface area contributed by atoms with E-state index in [0.29, 0.717) is 12.0 Å². The van der Waals surface area contributed by atoms with Crippen molar-refractivity contribution in [3.8, 4) is 6.07 Å². The van der Waals surface area contributed by atoms with Gasteiger partial charge in [-0.25, -0.2) is 0 Å². The van der Waals surface area contributed by atoms with Gasteiger partial charge in [0.15, 0.2) is 0 Å². The average molecular weight is 285 g/mol. The first-order chi connectivity index (χ1) is 10.1. The summed E-state index contributed by atoms with van der Waals surface area (Å²) < 4.78 is 0. The Hall–Kier alpha value is -1.37. The SMILES string of the molecule is CCC1CN(C)CCN1C(C#N)c1ccc(C(C)C)cc1. The zero-order valence-electron chi connectivity index (χ0n) is 13.7. The molecule has 1 aromatic carbocycles. The van der Waals surface area contributed by atoms with Gasteiger partial charge in [-0.1, -0.05) is 45.0 Å². The van der Waals surface area contributed by atoms with Crippen LogP contribution in [0.4, 0.5) is 0 Å². The second kappa shape index (κ2) is 7.06. The van der Waals surface area contributed by atoms with Crippen LogP contribution in [0, 0.1) is 11.3 Å². The Morgan fingerprint density at radius 1 is 1.19 bits per heavy atom. The first-order valence-corrected chi connectivity index (χ1v) is 8.00. The molecule has 1 heterocycles. The van der Waals surface area contributed by atoms with Crippen LogP contribution in [-0.2, 0) is 0 Å². The lowest BCUT2D eigenvalue weighted by molar-refractivity contribution is 0.0675. The van der Waals surface area contributed by atoms with Crippen LogP contribution < -0.4 is 0 Å². The minimum Gasteiger partial charge on any atom is -0.304 e. The summed E-state index contributed by atoms with van der Waals surface area (Å²) in [5, 5.41) is 9.68. The fourth-order valence-corrected chi connectivity index (χ4v) is 3.13. The molecule has 3 nitrogen and oxygen atoms in total. The van der Waals surface area contributed by atoms with Gasteiger partial charge in [-0.2, -0.15) is 5.26 Å². The Morgan fingerprint density at radius 2 is 1.81 bits per heavy atom. The molecule has 0 amide bonds. The summed E-state index contributed by atoms with van der Waals surface area (Å²) in [5.41, 5.74) is 2.46. The molecule has 1 fully saturated rings. The largest absolute Gasteiger partial charge is 0.304 e. The molecule has 2 atom stereocenters. The van der Waals surface area contributed by atoms with Gasteiger partial charge in [-0.15, -0.1) is 0 Å². The molecule has 3 heteroatoms. The van der Waals surface area contributed by atoms with Crippen LogP contribution in [0.3, 0.4) is 0 Å². The number of nitrogens with zero attached hydrogens (tertiary/aromatic N) is 3. The summed E-state index contributed by atoms with van der Waals surface area (Å²) in [5.74, 6) is 0.534. The zero-order valence-corrected chi connectivity index (χ0v) is 13.7. The highest BCUT2D eigenvalue weighted by molar-refractivity contribution is 5.30. The van der Waals surface area contributed by atoms with E-state index in [9.17, 15) is 5.26 Å². The highest BCUT2D eigenvalue weighted by atomic mass is 15.3. The highest BCUT2D eigenvalue weighted by Crippen LogP contribution is 2.27. The lowest BCUT2D eigenvalue weighted by Crippen LogP contribution is -2.52. The van der Waals surface area contributed by atoms with Gasteiger partial charge >= 0.3 is 0 Å². The minimum absolute atomic E-state index is 0.120. The van der Waals surface area contributed by atoms with Gasteiger partial charge in [0.25, 0.3) is 0 Å². The predicted molar refractivity (Wildman–Crippen MR) is 87.2 cm³/mol. The topological polar surface area (TPSA) is 30.3 Å². The standard InChI is InChI=1S/C18H27N3/c1-5-17-13-20(4)10-11-21(17)18(12-19)16-8-6-15(7-9-16)14(2)3/h6-9,14,17-18H,5,10-11,13H2,1-4H3. The fraction of sp³-hybridized carbons (Fsp3) is 0.611. The van der Waals surface area contributed by atoms with E-state index in [1.54, 1.807) is 0 Å². The minimum atomic E-state index is -0.120. The van der Waals surface area contributed by atoms with Gasteiger partial charge in [0.2, 0.25) is 0 Å². The van der Waals surface area contributed by atoms with Crippen molar-refractivity contribution in [2.45, 2.75) is 45.2 Å². The van der Waals surface area contributed by atoms with E-state index in [1.165, 1.54) is 5.56 Å². The Kier molecular flexibility index (Phi) is 5.39. The molecular formula is C18H27N3. The fourth-order valence-electron chi connectivity index (χ4n) is 3.13. The molecule has 2 rings (SSSR count). The molecule has 21 heavy (non-hydrogen) atoms. The third-order valence-electron chi connectivity index (χ3n) is 4.58. The molecule has 114 valence electrons. The average Bonchev–Trinajstić information content (AvgIpc) is 2.49. The number of hydrogen-bond donors (Lipinski definition) is 0. The van der Waals surface area contributed by atoms with E-state index in [0.717, 1.165) is 31.6 Å². The molecule has 0 aliphatic carbocycles. The predicted octanol–water partition coefficient (Wildman–Crippen LogP) is 3.40. The summed E-state index contributed by atoms with van der Waals surface area (Å²) in [6.45, 7) is 9.68. The van der Waals surface area contributed by atoms with E-state index in [1.807, 2.05) is 0 Å². The van der Waals surface area contributed by atoms with E-state index in [2.05, 4.69) is 68.0 Å². The molecule has 1 aromatic rings. The van der Waals surface area contributed by atoms with E-state index in [-0.39, 0.29) is 6.04 Å². The quantitative estimate of drug-likeness (QED) is 0.849. The molecule has 0 saturated carbocycles. The van der Waals surface area contributed by atoms with Crippen molar-refractivity contribution in [3.05, 3.63) is 35.4 Å². The number of nitriles is 1. The summed E-state index contributed by atoms with van der Waals surface area (Å²) in [6.07, 6.45) is 1.09. The second-order valence-corrected chi connectivity index (χ2v) is 6.42. The second-order valence-electron chi connectivity index (χ2n) is 6.42. The Bertz CT molecular complexity index is 486. The molecule has 0 aromatic heterocycles. The van der Waals surface area contributed by atoms with Crippen LogP contribution in [0.15, 0.2) is 24.3 Å². The monoisotopic (exact) mass is 285 g/mol. The molecule has 1 aliphatic rings. The maximum Gasteiger partial charge on any atom is 0.124 e. The Morgan fingerprint density at radius 3 is 2.33 bits per heavy atom.